The van der Waals surface area contributed by atoms with Crippen molar-refractivity contribution in [3.63, 3.8) is 0 Å². The smallest absolute Gasteiger partial charge is 0.0410 e. The highest BCUT2D eigenvalue weighted by molar-refractivity contribution is 7.99. The average molecular weight is 311 g/mol. The van der Waals surface area contributed by atoms with E-state index in [1.807, 2.05) is 17.8 Å². The molecule has 0 saturated carbocycles. The van der Waals surface area contributed by atoms with Crippen LogP contribution in [0.3, 0.4) is 0 Å². The third-order valence-electron chi connectivity index (χ3n) is 4.44. The average Bonchev–Trinajstić information content (AvgIpc) is 2.99. The van der Waals surface area contributed by atoms with Crippen LogP contribution < -0.4 is 5.32 Å². The van der Waals surface area contributed by atoms with Gasteiger partial charge in [-0.25, -0.2) is 0 Å². The van der Waals surface area contributed by atoms with Gasteiger partial charge in [0.25, 0.3) is 0 Å². The number of fused-ring (bicyclic) bond motifs is 1. The Kier molecular flexibility index (Phi) is 4.92. The van der Waals surface area contributed by atoms with Crippen LogP contribution in [0.2, 0.25) is 5.02 Å². The molecule has 1 saturated heterocycles. The van der Waals surface area contributed by atoms with Crippen molar-refractivity contribution in [3.8, 4) is 0 Å². The van der Waals surface area contributed by atoms with Gasteiger partial charge in [0.05, 0.1) is 0 Å². The fourth-order valence-corrected chi connectivity index (χ4v) is 4.49. The lowest BCUT2D eigenvalue weighted by Crippen LogP contribution is -2.40. The number of hydrogen-bond acceptors (Lipinski definition) is 3. The van der Waals surface area contributed by atoms with Gasteiger partial charge in [0.1, 0.15) is 0 Å². The lowest BCUT2D eigenvalue weighted by molar-refractivity contribution is 0.244. The molecule has 0 spiro atoms. The van der Waals surface area contributed by atoms with Gasteiger partial charge in [-0.15, -0.1) is 11.8 Å². The van der Waals surface area contributed by atoms with E-state index in [4.69, 9.17) is 11.6 Å². The van der Waals surface area contributed by atoms with Crippen LogP contribution in [0.15, 0.2) is 23.1 Å². The lowest BCUT2D eigenvalue weighted by atomic mass is 10.0. The molecule has 2 aliphatic heterocycles. The summed E-state index contributed by atoms with van der Waals surface area (Å²) in [5.74, 6) is 1.20. The van der Waals surface area contributed by atoms with Crippen LogP contribution in [0.25, 0.3) is 0 Å². The van der Waals surface area contributed by atoms with Crippen molar-refractivity contribution < 1.29 is 0 Å². The number of thioether (sulfide) groups is 1. The lowest BCUT2D eigenvalue weighted by Gasteiger charge is -2.30. The zero-order valence-corrected chi connectivity index (χ0v) is 13.6. The second-order valence-electron chi connectivity index (χ2n) is 5.87. The Bertz CT molecular complexity index is 460. The van der Waals surface area contributed by atoms with E-state index in [0.717, 1.165) is 11.6 Å². The summed E-state index contributed by atoms with van der Waals surface area (Å²) >= 11 is 8.11. The van der Waals surface area contributed by atoms with Gasteiger partial charge in [-0.1, -0.05) is 11.6 Å². The maximum Gasteiger partial charge on any atom is 0.0410 e. The molecule has 2 nitrogen and oxygen atoms in total. The summed E-state index contributed by atoms with van der Waals surface area (Å²) in [4.78, 5) is 4.00. The van der Waals surface area contributed by atoms with E-state index in [2.05, 4.69) is 29.3 Å². The number of hydrogen-bond donors (Lipinski definition) is 1. The molecule has 3 rings (SSSR count). The summed E-state index contributed by atoms with van der Waals surface area (Å²) < 4.78 is 0. The molecule has 0 radical (unpaired) electrons. The predicted octanol–water partition coefficient (Wildman–Crippen LogP) is 3.95. The van der Waals surface area contributed by atoms with Crippen molar-refractivity contribution in [3.05, 3.63) is 28.8 Å². The second-order valence-corrected chi connectivity index (χ2v) is 7.45. The number of nitrogens with zero attached hydrogens (tertiary/aromatic N) is 1. The first kappa shape index (κ1) is 14.7. The van der Waals surface area contributed by atoms with Crippen LogP contribution in [0, 0.1) is 0 Å². The first-order chi connectivity index (χ1) is 9.74. The van der Waals surface area contributed by atoms with E-state index in [1.165, 1.54) is 48.6 Å². The number of benzene rings is 1. The fraction of sp³-hybridized carbons (Fsp3) is 0.625. The normalized spacial score (nSPS) is 24.6. The van der Waals surface area contributed by atoms with E-state index < -0.39 is 0 Å². The third-order valence-corrected chi connectivity index (χ3v) is 5.79. The molecule has 1 aromatic rings. The molecule has 0 aromatic heterocycles. The van der Waals surface area contributed by atoms with E-state index in [-0.39, 0.29) is 0 Å². The molecule has 110 valence electrons. The van der Waals surface area contributed by atoms with E-state index in [9.17, 15) is 0 Å². The van der Waals surface area contributed by atoms with Gasteiger partial charge in [-0.3, -0.25) is 4.90 Å². The number of halogens is 1. The van der Waals surface area contributed by atoms with Crippen LogP contribution in [0.1, 0.15) is 37.8 Å². The van der Waals surface area contributed by atoms with Gasteiger partial charge < -0.3 is 5.32 Å². The van der Waals surface area contributed by atoms with Crippen molar-refractivity contribution >= 4 is 23.4 Å². The van der Waals surface area contributed by atoms with Gasteiger partial charge in [-0.2, -0.15) is 0 Å². The molecule has 4 heteroatoms. The van der Waals surface area contributed by atoms with Crippen LogP contribution in [0.5, 0.6) is 0 Å². The standard InChI is InChI=1S/C16H23ClN2S/c1-12(19-7-2-3-8-19)11-18-15-6-9-20-16-5-4-13(17)10-14(15)16/h4-5,10,12,15,18H,2-3,6-9,11H2,1H3. The van der Waals surface area contributed by atoms with Crippen molar-refractivity contribution in [1.29, 1.82) is 0 Å². The highest BCUT2D eigenvalue weighted by atomic mass is 35.5. The molecule has 2 heterocycles. The summed E-state index contributed by atoms with van der Waals surface area (Å²) in [6.45, 7) is 5.95. The van der Waals surface area contributed by atoms with Crippen LogP contribution >= 0.6 is 23.4 Å². The number of likely N-dealkylation sites (tertiary alicyclic amines) is 1. The molecule has 0 aliphatic carbocycles. The molecule has 0 bridgehead atoms. The van der Waals surface area contributed by atoms with Gasteiger partial charge >= 0.3 is 0 Å². The quantitative estimate of drug-likeness (QED) is 0.906. The van der Waals surface area contributed by atoms with E-state index >= 15 is 0 Å². The maximum absolute atomic E-state index is 6.16. The third kappa shape index (κ3) is 3.33. The molecular formula is C16H23ClN2S. The highest BCUT2D eigenvalue weighted by Gasteiger charge is 2.23. The monoisotopic (exact) mass is 310 g/mol. The zero-order chi connectivity index (χ0) is 13.9. The Labute approximate surface area is 131 Å². The van der Waals surface area contributed by atoms with E-state index in [1.54, 1.807) is 0 Å². The van der Waals surface area contributed by atoms with Crippen molar-refractivity contribution in [2.24, 2.45) is 0 Å². The Morgan fingerprint density at radius 1 is 1.40 bits per heavy atom. The zero-order valence-electron chi connectivity index (χ0n) is 12.1. The molecule has 0 amide bonds. The SMILES string of the molecule is CC(CNC1CCSc2ccc(Cl)cc21)N1CCCC1. The maximum atomic E-state index is 6.16. The molecule has 20 heavy (non-hydrogen) atoms. The summed E-state index contributed by atoms with van der Waals surface area (Å²) in [6.07, 6.45) is 3.93. The summed E-state index contributed by atoms with van der Waals surface area (Å²) in [5.41, 5.74) is 1.39. The van der Waals surface area contributed by atoms with Crippen molar-refractivity contribution in [1.82, 2.24) is 10.2 Å². The molecule has 1 N–H and O–H groups in total. The van der Waals surface area contributed by atoms with Crippen molar-refractivity contribution in [2.75, 3.05) is 25.4 Å². The fourth-order valence-electron chi connectivity index (χ4n) is 3.20. The Morgan fingerprint density at radius 2 is 2.20 bits per heavy atom. The summed E-state index contributed by atoms with van der Waals surface area (Å²) in [7, 11) is 0. The molecule has 1 fully saturated rings. The first-order valence-electron chi connectivity index (χ1n) is 7.64. The Balaban J connectivity index is 1.62. The van der Waals surface area contributed by atoms with Crippen LogP contribution in [0.4, 0.5) is 0 Å². The molecule has 1 aromatic carbocycles. The summed E-state index contributed by atoms with van der Waals surface area (Å²) in [5, 5.41) is 4.62. The molecule has 2 aliphatic rings. The first-order valence-corrected chi connectivity index (χ1v) is 9.00. The largest absolute Gasteiger partial charge is 0.308 e. The number of nitrogens with one attached hydrogen (secondary N) is 1. The number of rotatable bonds is 4. The minimum Gasteiger partial charge on any atom is -0.308 e. The van der Waals surface area contributed by atoms with Crippen LogP contribution in [-0.4, -0.2) is 36.3 Å². The van der Waals surface area contributed by atoms with Gasteiger partial charge in [-0.05, 0) is 68.8 Å². The van der Waals surface area contributed by atoms with Gasteiger partial charge in [0, 0.05) is 28.5 Å². The molecule has 2 atom stereocenters. The minimum absolute atomic E-state index is 0.468. The molecular weight excluding hydrogens is 288 g/mol. The highest BCUT2D eigenvalue weighted by Crippen LogP contribution is 2.37. The van der Waals surface area contributed by atoms with Crippen molar-refractivity contribution in [2.45, 2.75) is 43.2 Å². The molecule has 2 unspecified atom stereocenters. The predicted molar refractivity (Wildman–Crippen MR) is 87.8 cm³/mol. The minimum atomic E-state index is 0.468. The summed E-state index contributed by atoms with van der Waals surface area (Å²) in [6, 6.07) is 7.41. The van der Waals surface area contributed by atoms with Gasteiger partial charge in [0.15, 0.2) is 0 Å². The topological polar surface area (TPSA) is 15.3 Å². The second kappa shape index (κ2) is 6.69. The van der Waals surface area contributed by atoms with Crippen LogP contribution in [-0.2, 0) is 0 Å². The van der Waals surface area contributed by atoms with E-state index in [0.29, 0.717) is 12.1 Å². The Morgan fingerprint density at radius 3 is 3.00 bits per heavy atom. The van der Waals surface area contributed by atoms with Gasteiger partial charge in [0.2, 0.25) is 0 Å². The Hall–Kier alpha value is -0.220.